The first-order valence-corrected chi connectivity index (χ1v) is 5.26. The second-order valence-electron chi connectivity index (χ2n) is 3.50. The summed E-state index contributed by atoms with van der Waals surface area (Å²) in [4.78, 5) is 25.0. The van der Waals surface area contributed by atoms with Crippen molar-refractivity contribution in [2.75, 3.05) is 6.61 Å². The molecule has 0 bridgehead atoms. The molecule has 1 aliphatic heterocycles. The topological polar surface area (TPSA) is 104 Å². The van der Waals surface area contributed by atoms with Gasteiger partial charge in [0.15, 0.2) is 0 Å². The van der Waals surface area contributed by atoms with Crippen molar-refractivity contribution in [2.24, 2.45) is 5.10 Å². The van der Waals surface area contributed by atoms with Gasteiger partial charge < -0.3 is 14.8 Å². The largest absolute Gasteiger partial charge is 0.478 e. The van der Waals surface area contributed by atoms with Crippen LogP contribution in [0.15, 0.2) is 22.9 Å². The molecule has 1 amide bonds. The molecule has 18 heavy (non-hydrogen) atoms. The zero-order valence-electron chi connectivity index (χ0n) is 9.56. The first-order valence-electron chi connectivity index (χ1n) is 5.26. The molecule has 0 aromatic carbocycles. The van der Waals surface area contributed by atoms with Crippen molar-refractivity contribution in [1.82, 2.24) is 10.4 Å². The van der Waals surface area contributed by atoms with E-state index in [4.69, 9.17) is 9.84 Å². The molecule has 3 N–H and O–H groups in total. The van der Waals surface area contributed by atoms with E-state index < -0.39 is 5.97 Å². The van der Waals surface area contributed by atoms with Crippen LogP contribution in [0.2, 0.25) is 0 Å². The molecule has 2 rings (SSSR count). The highest BCUT2D eigenvalue weighted by Crippen LogP contribution is 2.13. The number of hydrogen-bond donors (Lipinski definition) is 3. The Morgan fingerprint density at radius 2 is 2.39 bits per heavy atom. The molecule has 7 heteroatoms. The number of aromatic nitrogens is 1. The summed E-state index contributed by atoms with van der Waals surface area (Å²) in [6, 6.07) is 1.42. The van der Waals surface area contributed by atoms with E-state index in [0.29, 0.717) is 12.3 Å². The standard InChI is InChI=1S/C11H11N3O4/c1-2-18-10-8(9(15)13-14-10)4-7-3-6(5-12-7)11(16)17/h3-5,12H,2H2,1H3,(H,13,15)(H,16,17)/b8-4-. The zero-order chi connectivity index (χ0) is 13.1. The monoisotopic (exact) mass is 249 g/mol. The molecule has 0 aliphatic carbocycles. The van der Waals surface area contributed by atoms with E-state index in [1.807, 2.05) is 0 Å². The predicted octanol–water partition coefficient (Wildman–Crippen LogP) is 0.576. The van der Waals surface area contributed by atoms with Gasteiger partial charge in [0.25, 0.3) is 5.91 Å². The Balaban J connectivity index is 2.27. The molecule has 0 fully saturated rings. The fraction of sp³-hybridized carbons (Fsp3) is 0.182. The van der Waals surface area contributed by atoms with Gasteiger partial charge in [0.2, 0.25) is 5.90 Å². The van der Waals surface area contributed by atoms with Crippen LogP contribution in [-0.4, -0.2) is 34.5 Å². The number of carboxylic acid groups (broad SMARTS) is 1. The van der Waals surface area contributed by atoms with Crippen molar-refractivity contribution in [3.63, 3.8) is 0 Å². The summed E-state index contributed by atoms with van der Waals surface area (Å²) in [6.07, 6.45) is 2.84. The van der Waals surface area contributed by atoms with Gasteiger partial charge in [0, 0.05) is 11.9 Å². The number of nitrogens with zero attached hydrogens (tertiary/aromatic N) is 1. The first kappa shape index (κ1) is 11.9. The highest BCUT2D eigenvalue weighted by molar-refractivity contribution is 6.24. The number of ether oxygens (including phenoxy) is 1. The SMILES string of the molecule is CCOC1=NNC(=O)/C1=C/c1cc(C(=O)O)c[nH]1. The summed E-state index contributed by atoms with van der Waals surface area (Å²) in [6.45, 7) is 2.16. The van der Waals surface area contributed by atoms with Gasteiger partial charge in [-0.25, -0.2) is 10.2 Å². The molecule has 0 radical (unpaired) electrons. The average molecular weight is 249 g/mol. The second kappa shape index (κ2) is 4.74. The van der Waals surface area contributed by atoms with Crippen molar-refractivity contribution in [1.29, 1.82) is 0 Å². The van der Waals surface area contributed by atoms with E-state index in [1.165, 1.54) is 18.3 Å². The predicted molar refractivity (Wildman–Crippen MR) is 62.9 cm³/mol. The van der Waals surface area contributed by atoms with Crippen LogP contribution >= 0.6 is 0 Å². The fourth-order valence-corrected chi connectivity index (χ4v) is 1.47. The third kappa shape index (κ3) is 2.24. The molecule has 94 valence electrons. The Morgan fingerprint density at radius 1 is 1.61 bits per heavy atom. The number of aromatic amines is 1. The Hall–Kier alpha value is -2.57. The maximum atomic E-state index is 11.5. The third-order valence-corrected chi connectivity index (χ3v) is 2.27. The van der Waals surface area contributed by atoms with Gasteiger partial charge in [-0.05, 0) is 19.1 Å². The number of carboxylic acids is 1. The van der Waals surface area contributed by atoms with Gasteiger partial charge in [0.05, 0.1) is 12.2 Å². The van der Waals surface area contributed by atoms with Crippen molar-refractivity contribution < 1.29 is 19.4 Å². The summed E-state index contributed by atoms with van der Waals surface area (Å²) in [5, 5.41) is 12.5. The lowest BCUT2D eigenvalue weighted by molar-refractivity contribution is -0.116. The van der Waals surface area contributed by atoms with Crippen LogP contribution < -0.4 is 5.43 Å². The molecule has 0 saturated heterocycles. The van der Waals surface area contributed by atoms with Crippen LogP contribution in [0.3, 0.4) is 0 Å². The lowest BCUT2D eigenvalue weighted by Crippen LogP contribution is -2.14. The van der Waals surface area contributed by atoms with Gasteiger partial charge in [-0.1, -0.05) is 0 Å². The summed E-state index contributed by atoms with van der Waals surface area (Å²) in [5.41, 5.74) is 3.15. The van der Waals surface area contributed by atoms with E-state index in [0.717, 1.165) is 0 Å². The molecule has 1 aliphatic rings. The minimum atomic E-state index is -1.04. The van der Waals surface area contributed by atoms with Crippen LogP contribution in [-0.2, 0) is 9.53 Å². The molecular formula is C11H11N3O4. The minimum absolute atomic E-state index is 0.121. The van der Waals surface area contributed by atoms with Gasteiger partial charge in [-0.2, -0.15) is 0 Å². The van der Waals surface area contributed by atoms with Gasteiger partial charge in [-0.3, -0.25) is 4.79 Å². The number of amides is 1. The number of carbonyl (C=O) groups excluding carboxylic acids is 1. The fourth-order valence-electron chi connectivity index (χ4n) is 1.47. The zero-order valence-corrected chi connectivity index (χ0v) is 9.56. The van der Waals surface area contributed by atoms with Crippen LogP contribution in [0.1, 0.15) is 23.0 Å². The molecular weight excluding hydrogens is 238 g/mol. The van der Waals surface area contributed by atoms with Crippen molar-refractivity contribution in [3.05, 3.63) is 29.1 Å². The van der Waals surface area contributed by atoms with Crippen LogP contribution in [0.4, 0.5) is 0 Å². The van der Waals surface area contributed by atoms with E-state index in [1.54, 1.807) is 6.92 Å². The lowest BCUT2D eigenvalue weighted by atomic mass is 10.2. The minimum Gasteiger partial charge on any atom is -0.478 e. The highest BCUT2D eigenvalue weighted by Gasteiger charge is 2.24. The molecule has 0 spiro atoms. The molecule has 1 aromatic heterocycles. The Labute approximate surface area is 102 Å². The number of hydrazone groups is 1. The summed E-state index contributed by atoms with van der Waals surface area (Å²) in [7, 11) is 0. The number of hydrogen-bond acceptors (Lipinski definition) is 4. The van der Waals surface area contributed by atoms with Gasteiger partial charge in [-0.15, -0.1) is 5.10 Å². The Morgan fingerprint density at radius 3 is 3.00 bits per heavy atom. The van der Waals surface area contributed by atoms with E-state index in [2.05, 4.69) is 15.5 Å². The number of H-pyrrole nitrogens is 1. The van der Waals surface area contributed by atoms with E-state index in [-0.39, 0.29) is 22.9 Å². The summed E-state index contributed by atoms with van der Waals surface area (Å²) >= 11 is 0. The van der Waals surface area contributed by atoms with Crippen molar-refractivity contribution in [3.8, 4) is 0 Å². The molecule has 7 nitrogen and oxygen atoms in total. The Kier molecular flexibility index (Phi) is 3.13. The van der Waals surface area contributed by atoms with Gasteiger partial charge >= 0.3 is 5.97 Å². The van der Waals surface area contributed by atoms with Crippen molar-refractivity contribution >= 4 is 23.9 Å². The first-order chi connectivity index (χ1) is 8.61. The summed E-state index contributed by atoms with van der Waals surface area (Å²) < 4.78 is 5.18. The highest BCUT2D eigenvalue weighted by atomic mass is 16.5. The second-order valence-corrected chi connectivity index (χ2v) is 3.50. The third-order valence-electron chi connectivity index (χ3n) is 2.27. The lowest BCUT2D eigenvalue weighted by Gasteiger charge is -2.00. The van der Waals surface area contributed by atoms with Crippen LogP contribution in [0.5, 0.6) is 0 Å². The molecule has 0 saturated carbocycles. The quantitative estimate of drug-likeness (QED) is 0.681. The van der Waals surface area contributed by atoms with Gasteiger partial charge in [0.1, 0.15) is 5.57 Å². The summed E-state index contributed by atoms with van der Waals surface area (Å²) in [5.74, 6) is -1.22. The molecule has 0 unspecified atom stereocenters. The Bertz CT molecular complexity index is 556. The number of rotatable bonds is 3. The molecule has 1 aromatic rings. The van der Waals surface area contributed by atoms with E-state index >= 15 is 0 Å². The smallest absolute Gasteiger partial charge is 0.337 e. The normalized spacial score (nSPS) is 16.6. The number of carbonyl (C=O) groups is 2. The maximum absolute atomic E-state index is 11.5. The van der Waals surface area contributed by atoms with Crippen LogP contribution in [0, 0.1) is 0 Å². The van der Waals surface area contributed by atoms with Crippen molar-refractivity contribution in [2.45, 2.75) is 6.92 Å². The molecule has 2 heterocycles. The average Bonchev–Trinajstić information content (AvgIpc) is 2.91. The van der Waals surface area contributed by atoms with Crippen LogP contribution in [0.25, 0.3) is 6.08 Å². The van der Waals surface area contributed by atoms with E-state index in [9.17, 15) is 9.59 Å². The number of nitrogens with one attached hydrogen (secondary N) is 2. The maximum Gasteiger partial charge on any atom is 0.337 e. The molecule has 0 atom stereocenters. The number of aromatic carboxylic acids is 1.